The number of carbonyl (C=O) groups excluding carboxylic acids is 1. The number of benzene rings is 1. The predicted octanol–water partition coefficient (Wildman–Crippen LogP) is 2.49. The standard InChI is InChI=1S/C17H15N3O3/c1-11-7-17(22)23-15-8-13(4-5-14(11)15)19-16(21)6-3-12-9-18-20(2)10-12/h3-10H,1-2H3,(H,19,21)/b6-3+. The highest BCUT2D eigenvalue weighted by Crippen LogP contribution is 2.20. The molecule has 0 aliphatic heterocycles. The number of nitrogens with zero attached hydrogens (tertiary/aromatic N) is 2. The first kappa shape index (κ1) is 14.8. The molecule has 0 unspecified atom stereocenters. The molecule has 1 aromatic carbocycles. The van der Waals surface area contributed by atoms with Crippen LogP contribution in [0.4, 0.5) is 5.69 Å². The average Bonchev–Trinajstić information content (AvgIpc) is 2.90. The van der Waals surface area contributed by atoms with E-state index in [4.69, 9.17) is 4.42 Å². The third kappa shape index (κ3) is 3.37. The monoisotopic (exact) mass is 309 g/mol. The summed E-state index contributed by atoms with van der Waals surface area (Å²) < 4.78 is 6.82. The van der Waals surface area contributed by atoms with Gasteiger partial charge in [-0.3, -0.25) is 9.48 Å². The number of amides is 1. The summed E-state index contributed by atoms with van der Waals surface area (Å²) in [5, 5.41) is 7.60. The van der Waals surface area contributed by atoms with Crippen LogP contribution in [0.15, 0.2) is 51.9 Å². The van der Waals surface area contributed by atoms with Crippen molar-refractivity contribution in [3.8, 4) is 0 Å². The third-order valence-electron chi connectivity index (χ3n) is 3.37. The smallest absolute Gasteiger partial charge is 0.336 e. The number of anilines is 1. The van der Waals surface area contributed by atoms with E-state index in [0.29, 0.717) is 11.3 Å². The summed E-state index contributed by atoms with van der Waals surface area (Å²) in [7, 11) is 1.81. The lowest BCUT2D eigenvalue weighted by Gasteiger charge is -2.05. The van der Waals surface area contributed by atoms with Crippen molar-refractivity contribution in [1.82, 2.24) is 9.78 Å². The zero-order chi connectivity index (χ0) is 16.4. The number of aryl methyl sites for hydroxylation is 2. The van der Waals surface area contributed by atoms with Crippen LogP contribution in [0.1, 0.15) is 11.1 Å². The summed E-state index contributed by atoms with van der Waals surface area (Å²) in [6.45, 7) is 1.84. The van der Waals surface area contributed by atoms with E-state index in [1.165, 1.54) is 12.1 Å². The van der Waals surface area contributed by atoms with Crippen LogP contribution in [0.2, 0.25) is 0 Å². The Morgan fingerprint density at radius 2 is 2.17 bits per heavy atom. The molecule has 0 atom stereocenters. The fourth-order valence-electron chi connectivity index (χ4n) is 2.28. The summed E-state index contributed by atoms with van der Waals surface area (Å²) in [5.41, 5.74) is 2.28. The number of carbonyl (C=O) groups is 1. The Bertz CT molecular complexity index is 967. The summed E-state index contributed by atoms with van der Waals surface area (Å²) in [4.78, 5) is 23.4. The van der Waals surface area contributed by atoms with Crippen molar-refractivity contribution in [2.75, 3.05) is 5.32 Å². The van der Waals surface area contributed by atoms with Crippen LogP contribution < -0.4 is 10.9 Å². The molecule has 6 heteroatoms. The molecule has 1 amide bonds. The van der Waals surface area contributed by atoms with Gasteiger partial charge in [0.15, 0.2) is 0 Å². The highest BCUT2D eigenvalue weighted by Gasteiger charge is 2.05. The van der Waals surface area contributed by atoms with Gasteiger partial charge in [0.1, 0.15) is 5.58 Å². The fraction of sp³-hybridized carbons (Fsp3) is 0.118. The van der Waals surface area contributed by atoms with Crippen molar-refractivity contribution in [3.63, 3.8) is 0 Å². The molecule has 0 aliphatic rings. The van der Waals surface area contributed by atoms with Crippen molar-refractivity contribution in [1.29, 1.82) is 0 Å². The van der Waals surface area contributed by atoms with Crippen LogP contribution in [0.25, 0.3) is 17.0 Å². The minimum Gasteiger partial charge on any atom is -0.423 e. The lowest BCUT2D eigenvalue weighted by atomic mass is 10.1. The maximum absolute atomic E-state index is 11.9. The molecule has 3 aromatic rings. The Labute approximate surface area is 132 Å². The van der Waals surface area contributed by atoms with Crippen LogP contribution in [0, 0.1) is 6.92 Å². The molecule has 0 saturated heterocycles. The fourth-order valence-corrected chi connectivity index (χ4v) is 2.28. The summed E-state index contributed by atoms with van der Waals surface area (Å²) in [6.07, 6.45) is 6.57. The number of rotatable bonds is 3. The number of hydrogen-bond acceptors (Lipinski definition) is 4. The Morgan fingerprint density at radius 3 is 2.91 bits per heavy atom. The number of aromatic nitrogens is 2. The van der Waals surface area contributed by atoms with Gasteiger partial charge < -0.3 is 9.73 Å². The van der Waals surface area contributed by atoms with Crippen LogP contribution >= 0.6 is 0 Å². The first-order chi connectivity index (χ1) is 11.0. The van der Waals surface area contributed by atoms with Crippen molar-refractivity contribution in [2.24, 2.45) is 7.05 Å². The number of nitrogens with one attached hydrogen (secondary N) is 1. The van der Waals surface area contributed by atoms with Crippen molar-refractivity contribution >= 4 is 28.6 Å². The van der Waals surface area contributed by atoms with E-state index < -0.39 is 5.63 Å². The SMILES string of the molecule is Cc1cc(=O)oc2cc(NC(=O)/C=C/c3cnn(C)c3)ccc12. The molecule has 2 heterocycles. The van der Waals surface area contributed by atoms with Gasteiger partial charge in [-0.25, -0.2) is 4.79 Å². The zero-order valence-electron chi connectivity index (χ0n) is 12.7. The topological polar surface area (TPSA) is 77.1 Å². The molecule has 6 nitrogen and oxygen atoms in total. The number of hydrogen-bond donors (Lipinski definition) is 1. The molecule has 2 aromatic heterocycles. The van der Waals surface area contributed by atoms with Crippen LogP contribution in [-0.2, 0) is 11.8 Å². The Balaban J connectivity index is 1.79. The minimum absolute atomic E-state index is 0.275. The van der Waals surface area contributed by atoms with E-state index in [9.17, 15) is 9.59 Å². The van der Waals surface area contributed by atoms with Crippen molar-refractivity contribution in [2.45, 2.75) is 6.92 Å². The Kier molecular flexibility index (Phi) is 3.80. The van der Waals surface area contributed by atoms with Gasteiger partial charge in [-0.15, -0.1) is 0 Å². The Morgan fingerprint density at radius 1 is 1.35 bits per heavy atom. The first-order valence-corrected chi connectivity index (χ1v) is 7.03. The van der Waals surface area contributed by atoms with E-state index in [1.807, 2.05) is 20.0 Å². The lowest BCUT2D eigenvalue weighted by molar-refractivity contribution is -0.111. The number of fused-ring (bicyclic) bond motifs is 1. The van der Waals surface area contributed by atoms with Gasteiger partial charge in [0.05, 0.1) is 6.20 Å². The van der Waals surface area contributed by atoms with Gasteiger partial charge in [-0.1, -0.05) is 0 Å². The molecule has 0 aliphatic carbocycles. The highest BCUT2D eigenvalue weighted by molar-refractivity contribution is 6.02. The van der Waals surface area contributed by atoms with E-state index in [1.54, 1.807) is 35.3 Å². The van der Waals surface area contributed by atoms with E-state index in [-0.39, 0.29) is 5.91 Å². The molecular weight excluding hydrogens is 294 g/mol. The molecule has 0 spiro atoms. The largest absolute Gasteiger partial charge is 0.423 e. The second kappa shape index (κ2) is 5.92. The second-order valence-electron chi connectivity index (χ2n) is 5.23. The normalized spacial score (nSPS) is 11.2. The van der Waals surface area contributed by atoms with Crippen molar-refractivity contribution in [3.05, 3.63) is 64.3 Å². The van der Waals surface area contributed by atoms with Crippen LogP contribution in [-0.4, -0.2) is 15.7 Å². The molecule has 0 fully saturated rings. The second-order valence-corrected chi connectivity index (χ2v) is 5.23. The van der Waals surface area contributed by atoms with Crippen LogP contribution in [0.5, 0.6) is 0 Å². The Hall–Kier alpha value is -3.15. The molecule has 23 heavy (non-hydrogen) atoms. The maximum Gasteiger partial charge on any atom is 0.336 e. The molecular formula is C17H15N3O3. The van der Waals surface area contributed by atoms with E-state index >= 15 is 0 Å². The van der Waals surface area contributed by atoms with Gasteiger partial charge in [-0.2, -0.15) is 5.10 Å². The zero-order valence-corrected chi connectivity index (χ0v) is 12.7. The van der Waals surface area contributed by atoms with Gasteiger partial charge in [0, 0.05) is 48.1 Å². The van der Waals surface area contributed by atoms with Gasteiger partial charge in [-0.05, 0) is 30.7 Å². The molecule has 116 valence electrons. The first-order valence-electron chi connectivity index (χ1n) is 7.03. The average molecular weight is 309 g/mol. The van der Waals surface area contributed by atoms with E-state index in [0.717, 1.165) is 16.5 Å². The summed E-state index contributed by atoms with van der Waals surface area (Å²) in [5.74, 6) is -0.275. The predicted molar refractivity (Wildman–Crippen MR) is 88.1 cm³/mol. The molecule has 1 N–H and O–H groups in total. The van der Waals surface area contributed by atoms with Crippen molar-refractivity contribution < 1.29 is 9.21 Å². The third-order valence-corrected chi connectivity index (χ3v) is 3.37. The van der Waals surface area contributed by atoms with Gasteiger partial charge >= 0.3 is 5.63 Å². The quantitative estimate of drug-likeness (QED) is 0.595. The maximum atomic E-state index is 11.9. The summed E-state index contributed by atoms with van der Waals surface area (Å²) >= 11 is 0. The van der Waals surface area contributed by atoms with Crippen LogP contribution in [0.3, 0.4) is 0 Å². The van der Waals surface area contributed by atoms with E-state index in [2.05, 4.69) is 10.4 Å². The molecule has 0 bridgehead atoms. The highest BCUT2D eigenvalue weighted by atomic mass is 16.4. The summed E-state index contributed by atoms with van der Waals surface area (Å²) in [6, 6.07) is 6.66. The lowest BCUT2D eigenvalue weighted by Crippen LogP contribution is -2.07. The van der Waals surface area contributed by atoms with Gasteiger partial charge in [0.25, 0.3) is 0 Å². The molecule has 0 radical (unpaired) electrons. The molecule has 3 rings (SSSR count). The van der Waals surface area contributed by atoms with Gasteiger partial charge in [0.2, 0.25) is 5.91 Å². The molecule has 0 saturated carbocycles. The minimum atomic E-state index is -0.407.